The zero-order chi connectivity index (χ0) is 9.02. The Kier molecular flexibility index (Phi) is 4.69. The molecule has 0 saturated heterocycles. The van der Waals surface area contributed by atoms with E-state index < -0.39 is 0 Å². The molecule has 11 heavy (non-hydrogen) atoms. The lowest BCUT2D eigenvalue weighted by Gasteiger charge is -2.30. The average Bonchev–Trinajstić information content (AvgIpc) is 1.84. The van der Waals surface area contributed by atoms with Crippen LogP contribution in [0.5, 0.6) is 0 Å². The summed E-state index contributed by atoms with van der Waals surface area (Å²) in [5, 5.41) is 0. The zero-order valence-electron chi connectivity index (χ0n) is 8.76. The van der Waals surface area contributed by atoms with E-state index in [1.807, 2.05) is 0 Å². The fraction of sp³-hybridized carbons (Fsp3) is 1.00. The van der Waals surface area contributed by atoms with Crippen molar-refractivity contribution in [2.75, 3.05) is 27.7 Å². The molecule has 0 aromatic carbocycles. The minimum Gasteiger partial charge on any atom is -0.308 e. The molecule has 0 aromatic rings. The molecule has 0 aliphatic rings. The summed E-state index contributed by atoms with van der Waals surface area (Å²) in [6, 6.07) is 1.29. The van der Waals surface area contributed by atoms with Crippen LogP contribution in [0.4, 0.5) is 0 Å². The van der Waals surface area contributed by atoms with E-state index in [-0.39, 0.29) is 0 Å². The fourth-order valence-electron chi connectivity index (χ4n) is 1.17. The Morgan fingerprint density at radius 1 is 1.00 bits per heavy atom. The van der Waals surface area contributed by atoms with E-state index in [0.717, 1.165) is 6.54 Å². The molecule has 0 N–H and O–H groups in total. The van der Waals surface area contributed by atoms with Gasteiger partial charge in [0.1, 0.15) is 0 Å². The van der Waals surface area contributed by atoms with Gasteiger partial charge < -0.3 is 9.80 Å². The maximum atomic E-state index is 2.39. The highest BCUT2D eigenvalue weighted by Crippen LogP contribution is 2.01. The Bertz CT molecular complexity index is 99.7. The van der Waals surface area contributed by atoms with Crippen LogP contribution in [0.15, 0.2) is 0 Å². The smallest absolute Gasteiger partial charge is 0.0194 e. The summed E-state index contributed by atoms with van der Waals surface area (Å²) in [7, 11) is 6.41. The van der Waals surface area contributed by atoms with Crippen molar-refractivity contribution in [1.82, 2.24) is 9.80 Å². The van der Waals surface area contributed by atoms with E-state index in [0.29, 0.717) is 12.1 Å². The molecule has 0 saturated carbocycles. The van der Waals surface area contributed by atoms with Gasteiger partial charge in [0.2, 0.25) is 0 Å². The predicted octanol–water partition coefficient (Wildman–Crippen LogP) is 1.28. The normalized spacial score (nSPS) is 15.0. The van der Waals surface area contributed by atoms with Crippen LogP contribution in [0.3, 0.4) is 0 Å². The molecule has 68 valence electrons. The highest BCUT2D eigenvalue weighted by molar-refractivity contribution is 4.68. The minimum atomic E-state index is 0.643. The van der Waals surface area contributed by atoms with Gasteiger partial charge in [0.25, 0.3) is 0 Å². The molecule has 0 heterocycles. The van der Waals surface area contributed by atoms with Gasteiger partial charge in [-0.25, -0.2) is 0 Å². The van der Waals surface area contributed by atoms with Gasteiger partial charge in [-0.05, 0) is 41.9 Å². The van der Waals surface area contributed by atoms with E-state index in [2.05, 4.69) is 51.7 Å². The summed E-state index contributed by atoms with van der Waals surface area (Å²) in [6.07, 6.45) is 0. The molecule has 1 unspecified atom stereocenters. The molecule has 0 aromatic heterocycles. The molecule has 0 radical (unpaired) electrons. The number of hydrogen-bond acceptors (Lipinski definition) is 2. The third-order valence-corrected chi connectivity index (χ3v) is 2.14. The summed E-state index contributed by atoms with van der Waals surface area (Å²) < 4.78 is 0. The van der Waals surface area contributed by atoms with Crippen molar-refractivity contribution in [2.45, 2.75) is 32.9 Å². The lowest BCUT2D eigenvalue weighted by atomic mass is 10.2. The molecule has 0 fully saturated rings. The topological polar surface area (TPSA) is 6.48 Å². The van der Waals surface area contributed by atoms with Crippen molar-refractivity contribution in [3.63, 3.8) is 0 Å². The fourth-order valence-corrected chi connectivity index (χ4v) is 1.17. The maximum Gasteiger partial charge on any atom is 0.0194 e. The average molecular weight is 158 g/mol. The van der Waals surface area contributed by atoms with Crippen molar-refractivity contribution in [2.24, 2.45) is 0 Å². The SMILES string of the molecule is CC(C)N(C)C(C)CN(C)C. The van der Waals surface area contributed by atoms with E-state index in [1.165, 1.54) is 0 Å². The molecule has 2 heteroatoms. The Labute approximate surface area is 71.2 Å². The van der Waals surface area contributed by atoms with Gasteiger partial charge in [-0.1, -0.05) is 0 Å². The predicted molar refractivity (Wildman–Crippen MR) is 50.9 cm³/mol. The van der Waals surface area contributed by atoms with Crippen LogP contribution in [0.25, 0.3) is 0 Å². The van der Waals surface area contributed by atoms with Gasteiger partial charge in [0, 0.05) is 18.6 Å². The van der Waals surface area contributed by atoms with Crippen molar-refractivity contribution in [3.8, 4) is 0 Å². The van der Waals surface area contributed by atoms with Crippen LogP contribution in [-0.4, -0.2) is 49.6 Å². The van der Waals surface area contributed by atoms with Crippen LogP contribution in [0.1, 0.15) is 20.8 Å². The van der Waals surface area contributed by atoms with Crippen LogP contribution >= 0.6 is 0 Å². The minimum absolute atomic E-state index is 0.643. The highest BCUT2D eigenvalue weighted by atomic mass is 15.2. The highest BCUT2D eigenvalue weighted by Gasteiger charge is 2.11. The lowest BCUT2D eigenvalue weighted by molar-refractivity contribution is 0.173. The van der Waals surface area contributed by atoms with Gasteiger partial charge in [-0.15, -0.1) is 0 Å². The molecule has 0 aliphatic carbocycles. The summed E-state index contributed by atoms with van der Waals surface area (Å²) in [6.45, 7) is 7.85. The second-order valence-corrected chi connectivity index (χ2v) is 3.87. The van der Waals surface area contributed by atoms with Crippen LogP contribution in [0, 0.1) is 0 Å². The molecule has 0 aliphatic heterocycles. The first kappa shape index (κ1) is 10.9. The van der Waals surface area contributed by atoms with E-state index >= 15 is 0 Å². The monoisotopic (exact) mass is 158 g/mol. The first-order chi connectivity index (χ1) is 4.95. The first-order valence-electron chi connectivity index (χ1n) is 4.31. The maximum absolute atomic E-state index is 2.39. The Balaban J connectivity index is 3.73. The van der Waals surface area contributed by atoms with Gasteiger partial charge in [-0.3, -0.25) is 0 Å². The Morgan fingerprint density at radius 2 is 1.45 bits per heavy atom. The standard InChI is InChI=1S/C9H22N2/c1-8(2)11(6)9(3)7-10(4)5/h8-9H,7H2,1-6H3. The van der Waals surface area contributed by atoms with Gasteiger partial charge in [0.15, 0.2) is 0 Å². The van der Waals surface area contributed by atoms with Gasteiger partial charge in [-0.2, -0.15) is 0 Å². The molecular formula is C9H22N2. The lowest BCUT2D eigenvalue weighted by Crippen LogP contribution is -2.41. The van der Waals surface area contributed by atoms with E-state index in [4.69, 9.17) is 0 Å². The number of hydrogen-bond donors (Lipinski definition) is 0. The van der Waals surface area contributed by atoms with Crippen LogP contribution < -0.4 is 0 Å². The number of nitrogens with zero attached hydrogens (tertiary/aromatic N) is 2. The second kappa shape index (κ2) is 4.73. The third-order valence-electron chi connectivity index (χ3n) is 2.14. The number of likely N-dealkylation sites (N-methyl/N-ethyl adjacent to an activating group) is 2. The first-order valence-corrected chi connectivity index (χ1v) is 4.31. The summed E-state index contributed by atoms with van der Waals surface area (Å²) in [5.41, 5.74) is 0. The summed E-state index contributed by atoms with van der Waals surface area (Å²) in [4.78, 5) is 4.61. The van der Waals surface area contributed by atoms with Crippen molar-refractivity contribution < 1.29 is 0 Å². The molecule has 0 spiro atoms. The van der Waals surface area contributed by atoms with E-state index in [1.54, 1.807) is 0 Å². The summed E-state index contributed by atoms with van der Waals surface area (Å²) >= 11 is 0. The molecule has 2 nitrogen and oxygen atoms in total. The molecule has 0 bridgehead atoms. The van der Waals surface area contributed by atoms with Crippen molar-refractivity contribution in [1.29, 1.82) is 0 Å². The van der Waals surface area contributed by atoms with E-state index in [9.17, 15) is 0 Å². The quantitative estimate of drug-likeness (QED) is 0.608. The van der Waals surface area contributed by atoms with Gasteiger partial charge >= 0.3 is 0 Å². The van der Waals surface area contributed by atoms with Crippen LogP contribution in [0.2, 0.25) is 0 Å². The van der Waals surface area contributed by atoms with Crippen molar-refractivity contribution in [3.05, 3.63) is 0 Å². The van der Waals surface area contributed by atoms with Gasteiger partial charge in [0.05, 0.1) is 0 Å². The Hall–Kier alpha value is -0.0800. The Morgan fingerprint density at radius 3 is 1.73 bits per heavy atom. The molecule has 0 amide bonds. The molecule has 1 atom stereocenters. The molecule has 0 rings (SSSR count). The third kappa shape index (κ3) is 4.38. The van der Waals surface area contributed by atoms with Crippen LogP contribution in [-0.2, 0) is 0 Å². The largest absolute Gasteiger partial charge is 0.308 e. The zero-order valence-corrected chi connectivity index (χ0v) is 8.76. The number of rotatable bonds is 4. The molecular weight excluding hydrogens is 136 g/mol. The van der Waals surface area contributed by atoms with Crippen molar-refractivity contribution >= 4 is 0 Å². The summed E-state index contributed by atoms with van der Waals surface area (Å²) in [5.74, 6) is 0. The second-order valence-electron chi connectivity index (χ2n) is 3.87.